The van der Waals surface area contributed by atoms with E-state index in [1.165, 1.54) is 33.4 Å². The van der Waals surface area contributed by atoms with Crippen molar-refractivity contribution in [3.05, 3.63) is 94.6 Å². The molecule has 27 heavy (non-hydrogen) atoms. The monoisotopic (exact) mass is 356 g/mol. The third-order valence-electron chi connectivity index (χ3n) is 5.79. The lowest BCUT2D eigenvalue weighted by Crippen LogP contribution is -2.20. The lowest BCUT2D eigenvalue weighted by Gasteiger charge is -2.32. The molecule has 0 saturated carbocycles. The Bertz CT molecular complexity index is 862. The van der Waals surface area contributed by atoms with Gasteiger partial charge in [-0.1, -0.05) is 93.6 Å². The van der Waals surface area contributed by atoms with Gasteiger partial charge in [0.1, 0.15) is 0 Å². The molecular formula is C27H32. The Hall–Kier alpha value is -2.34. The molecule has 2 atom stereocenters. The van der Waals surface area contributed by atoms with Gasteiger partial charge in [0, 0.05) is 5.92 Å². The van der Waals surface area contributed by atoms with Crippen LogP contribution in [-0.2, 0) is 6.42 Å². The van der Waals surface area contributed by atoms with E-state index in [1.807, 2.05) is 0 Å². The molecule has 0 aliphatic heterocycles. The van der Waals surface area contributed by atoms with Gasteiger partial charge in [0.15, 0.2) is 0 Å². The van der Waals surface area contributed by atoms with Crippen molar-refractivity contribution < 1.29 is 0 Å². The second-order valence-corrected chi connectivity index (χ2v) is 7.92. The Morgan fingerprint density at radius 3 is 2.41 bits per heavy atom. The van der Waals surface area contributed by atoms with Crippen molar-refractivity contribution >= 4 is 11.6 Å². The van der Waals surface area contributed by atoms with Crippen LogP contribution in [0.1, 0.15) is 61.4 Å². The SMILES string of the molecule is C/C=C\c1c(CC)ccc(C)c1C1C=CC(c2ccccc2)=CC1C(C)C. The van der Waals surface area contributed by atoms with Crippen molar-refractivity contribution in [2.24, 2.45) is 11.8 Å². The molecule has 0 nitrogen and oxygen atoms in total. The van der Waals surface area contributed by atoms with E-state index >= 15 is 0 Å². The maximum Gasteiger partial charge on any atom is 0.00955 e. The van der Waals surface area contributed by atoms with Crippen LogP contribution in [0.15, 0.2) is 66.8 Å². The summed E-state index contributed by atoms with van der Waals surface area (Å²) >= 11 is 0. The van der Waals surface area contributed by atoms with Gasteiger partial charge < -0.3 is 0 Å². The van der Waals surface area contributed by atoms with Gasteiger partial charge in [0.05, 0.1) is 0 Å². The van der Waals surface area contributed by atoms with E-state index < -0.39 is 0 Å². The summed E-state index contributed by atoms with van der Waals surface area (Å²) in [5.74, 6) is 1.51. The van der Waals surface area contributed by atoms with Crippen molar-refractivity contribution in [1.82, 2.24) is 0 Å². The second kappa shape index (κ2) is 8.57. The summed E-state index contributed by atoms with van der Waals surface area (Å²) in [5.41, 5.74) is 8.44. The molecule has 2 aromatic carbocycles. The fourth-order valence-electron chi connectivity index (χ4n) is 4.33. The fourth-order valence-corrected chi connectivity index (χ4v) is 4.33. The summed E-state index contributed by atoms with van der Waals surface area (Å²) in [6.45, 7) is 11.3. The molecule has 2 aromatic rings. The number of benzene rings is 2. The van der Waals surface area contributed by atoms with Gasteiger partial charge in [-0.15, -0.1) is 0 Å². The maximum atomic E-state index is 2.50. The summed E-state index contributed by atoms with van der Waals surface area (Å²) in [4.78, 5) is 0. The predicted octanol–water partition coefficient (Wildman–Crippen LogP) is 7.60. The zero-order valence-corrected chi connectivity index (χ0v) is 17.4. The van der Waals surface area contributed by atoms with Gasteiger partial charge >= 0.3 is 0 Å². The molecule has 1 aliphatic carbocycles. The smallest absolute Gasteiger partial charge is 0.00955 e. The number of hydrogen-bond donors (Lipinski definition) is 0. The molecule has 3 rings (SSSR count). The molecular weight excluding hydrogens is 324 g/mol. The highest BCUT2D eigenvalue weighted by Crippen LogP contribution is 2.42. The second-order valence-electron chi connectivity index (χ2n) is 7.92. The van der Waals surface area contributed by atoms with Crippen LogP contribution in [0.4, 0.5) is 0 Å². The number of rotatable bonds is 5. The quantitative estimate of drug-likeness (QED) is 0.517. The molecule has 0 heterocycles. The van der Waals surface area contributed by atoms with E-state index in [9.17, 15) is 0 Å². The number of hydrogen-bond acceptors (Lipinski definition) is 0. The van der Waals surface area contributed by atoms with Crippen LogP contribution in [0.5, 0.6) is 0 Å². The zero-order valence-electron chi connectivity index (χ0n) is 17.4. The summed E-state index contributed by atoms with van der Waals surface area (Å²) in [7, 11) is 0. The van der Waals surface area contributed by atoms with E-state index in [0.29, 0.717) is 17.8 Å². The Morgan fingerprint density at radius 1 is 1.04 bits per heavy atom. The van der Waals surface area contributed by atoms with E-state index in [0.717, 1.165) is 6.42 Å². The van der Waals surface area contributed by atoms with E-state index in [2.05, 4.69) is 107 Å². The normalized spacial score (nSPS) is 19.7. The summed E-state index contributed by atoms with van der Waals surface area (Å²) in [6, 6.07) is 15.4. The molecule has 140 valence electrons. The molecule has 0 radical (unpaired) electrons. The standard InChI is InChI=1S/C27H32/c1-6-11-24-21(7-2)15-14-20(5)27(24)25-17-16-23(18-26(25)19(3)4)22-12-9-8-10-13-22/h6,8-19,25-26H,7H2,1-5H3/b11-6-. The van der Waals surface area contributed by atoms with E-state index in [1.54, 1.807) is 0 Å². The van der Waals surface area contributed by atoms with Gasteiger partial charge in [-0.3, -0.25) is 0 Å². The van der Waals surface area contributed by atoms with Gasteiger partial charge in [0.2, 0.25) is 0 Å². The Kier molecular flexibility index (Phi) is 6.16. The van der Waals surface area contributed by atoms with Crippen LogP contribution in [-0.4, -0.2) is 0 Å². The highest BCUT2D eigenvalue weighted by Gasteiger charge is 2.28. The largest absolute Gasteiger partial charge is 0.0870 e. The molecule has 0 amide bonds. The molecule has 0 N–H and O–H groups in total. The van der Waals surface area contributed by atoms with Gasteiger partial charge in [-0.05, 0) is 65.5 Å². The van der Waals surface area contributed by atoms with Gasteiger partial charge in [0.25, 0.3) is 0 Å². The molecule has 2 unspecified atom stereocenters. The number of allylic oxidation sites excluding steroid dienone is 5. The number of aryl methyl sites for hydroxylation is 2. The van der Waals surface area contributed by atoms with Crippen LogP contribution in [0.2, 0.25) is 0 Å². The van der Waals surface area contributed by atoms with Gasteiger partial charge in [-0.2, -0.15) is 0 Å². The first-order valence-electron chi connectivity index (χ1n) is 10.3. The molecule has 0 saturated heterocycles. The predicted molar refractivity (Wildman–Crippen MR) is 120 cm³/mol. The lowest BCUT2D eigenvalue weighted by molar-refractivity contribution is 0.425. The fraction of sp³-hybridized carbons (Fsp3) is 0.333. The molecule has 0 bridgehead atoms. The first-order valence-corrected chi connectivity index (χ1v) is 10.3. The average molecular weight is 357 g/mol. The van der Waals surface area contributed by atoms with Gasteiger partial charge in [-0.25, -0.2) is 0 Å². The molecule has 1 aliphatic rings. The van der Waals surface area contributed by atoms with Crippen LogP contribution >= 0.6 is 0 Å². The first kappa shape index (κ1) is 19.4. The highest BCUT2D eigenvalue weighted by molar-refractivity contribution is 5.76. The highest BCUT2D eigenvalue weighted by atomic mass is 14.3. The van der Waals surface area contributed by atoms with Crippen molar-refractivity contribution in [3.63, 3.8) is 0 Å². The van der Waals surface area contributed by atoms with Crippen LogP contribution in [0.25, 0.3) is 11.6 Å². The Morgan fingerprint density at radius 2 is 1.78 bits per heavy atom. The van der Waals surface area contributed by atoms with Crippen LogP contribution < -0.4 is 0 Å². The first-order chi connectivity index (χ1) is 13.1. The molecule has 0 heteroatoms. The summed E-state index contributed by atoms with van der Waals surface area (Å²) in [6.07, 6.45) is 12.8. The minimum absolute atomic E-state index is 0.426. The average Bonchev–Trinajstić information content (AvgIpc) is 2.69. The molecule has 0 aromatic heterocycles. The van der Waals surface area contributed by atoms with Crippen molar-refractivity contribution in [2.75, 3.05) is 0 Å². The minimum Gasteiger partial charge on any atom is -0.0870 e. The topological polar surface area (TPSA) is 0 Å². The zero-order chi connectivity index (χ0) is 19.4. The summed E-state index contributed by atoms with van der Waals surface area (Å²) < 4.78 is 0. The minimum atomic E-state index is 0.426. The Balaban J connectivity index is 2.11. The molecule has 0 fully saturated rings. The third-order valence-corrected chi connectivity index (χ3v) is 5.79. The maximum absolute atomic E-state index is 2.50. The summed E-state index contributed by atoms with van der Waals surface area (Å²) in [5, 5.41) is 0. The lowest BCUT2D eigenvalue weighted by atomic mass is 9.72. The van der Waals surface area contributed by atoms with E-state index in [-0.39, 0.29) is 0 Å². The third kappa shape index (κ3) is 4.00. The van der Waals surface area contributed by atoms with Crippen LogP contribution in [0, 0.1) is 18.8 Å². The van der Waals surface area contributed by atoms with Crippen molar-refractivity contribution in [1.29, 1.82) is 0 Å². The van der Waals surface area contributed by atoms with E-state index in [4.69, 9.17) is 0 Å². The van der Waals surface area contributed by atoms with Crippen LogP contribution in [0.3, 0.4) is 0 Å². The molecule has 0 spiro atoms. The van der Waals surface area contributed by atoms with Crippen molar-refractivity contribution in [2.45, 2.75) is 47.0 Å². The van der Waals surface area contributed by atoms with Crippen molar-refractivity contribution in [3.8, 4) is 0 Å². The Labute approximate surface area is 165 Å².